The lowest BCUT2D eigenvalue weighted by Gasteiger charge is -2.11. The molecule has 1 aromatic carbocycles. The van der Waals surface area contributed by atoms with Gasteiger partial charge in [-0.05, 0) is 32.0 Å². The second-order valence-electron chi connectivity index (χ2n) is 6.77. The highest BCUT2D eigenvalue weighted by molar-refractivity contribution is 7.15. The van der Waals surface area contributed by atoms with Crippen molar-refractivity contribution >= 4 is 39.6 Å². The summed E-state index contributed by atoms with van der Waals surface area (Å²) in [7, 11) is 1.45. The first kappa shape index (κ1) is 22.0. The van der Waals surface area contributed by atoms with Crippen LogP contribution in [0.25, 0.3) is 16.9 Å². The molecule has 0 bridgehead atoms. The van der Waals surface area contributed by atoms with Gasteiger partial charge < -0.3 is 4.74 Å². The van der Waals surface area contributed by atoms with E-state index in [2.05, 4.69) is 20.4 Å². The first-order valence-corrected chi connectivity index (χ1v) is 10.3. The zero-order valence-corrected chi connectivity index (χ0v) is 18.5. The van der Waals surface area contributed by atoms with Crippen molar-refractivity contribution in [3.8, 4) is 17.0 Å². The minimum atomic E-state index is -4.78. The highest BCUT2D eigenvalue weighted by Crippen LogP contribution is 2.35. The number of ether oxygens (including phenoxy) is 1. The van der Waals surface area contributed by atoms with Crippen LogP contribution < -0.4 is 10.1 Å². The molecule has 166 valence electrons. The number of thiazole rings is 1. The first-order valence-electron chi connectivity index (χ1n) is 9.14. The third-order valence-electron chi connectivity index (χ3n) is 4.65. The number of hydrogen-bond donors (Lipinski definition) is 1. The summed E-state index contributed by atoms with van der Waals surface area (Å²) >= 11 is 7.51. The Bertz CT molecular complexity index is 1330. The lowest BCUT2D eigenvalue weighted by Crippen LogP contribution is -2.15. The molecule has 4 aromatic rings. The van der Waals surface area contributed by atoms with Crippen LogP contribution in [0.2, 0.25) is 5.02 Å². The van der Waals surface area contributed by atoms with Crippen LogP contribution >= 0.6 is 22.9 Å². The van der Waals surface area contributed by atoms with Gasteiger partial charge in [0, 0.05) is 10.4 Å². The molecule has 32 heavy (non-hydrogen) atoms. The number of carbonyl (C=O) groups excluding carboxylic acids is 1. The Balaban J connectivity index is 1.85. The predicted octanol–water partition coefficient (Wildman–Crippen LogP) is 5.40. The summed E-state index contributed by atoms with van der Waals surface area (Å²) in [6, 6.07) is 7.27. The summed E-state index contributed by atoms with van der Waals surface area (Å²) in [6.07, 6.45) is -4.78. The predicted molar refractivity (Wildman–Crippen MR) is 115 cm³/mol. The lowest BCUT2D eigenvalue weighted by molar-refractivity contribution is -0.142. The number of aryl methyl sites for hydroxylation is 2. The van der Waals surface area contributed by atoms with Gasteiger partial charge in [-0.2, -0.15) is 18.3 Å². The Morgan fingerprint density at radius 3 is 2.59 bits per heavy atom. The first-order chi connectivity index (χ1) is 15.1. The number of benzene rings is 1. The number of fused-ring (bicyclic) bond motifs is 1. The van der Waals surface area contributed by atoms with Crippen LogP contribution in [0.15, 0.2) is 30.3 Å². The van der Waals surface area contributed by atoms with Crippen molar-refractivity contribution in [2.75, 3.05) is 12.4 Å². The zero-order chi connectivity index (χ0) is 23.2. The molecule has 0 aliphatic rings. The largest absolute Gasteiger partial charge is 0.497 e. The molecule has 0 saturated heterocycles. The van der Waals surface area contributed by atoms with Gasteiger partial charge in [-0.15, -0.1) is 11.3 Å². The van der Waals surface area contributed by atoms with E-state index in [-0.39, 0.29) is 16.4 Å². The second-order valence-corrected chi connectivity index (χ2v) is 8.35. The number of aromatic nitrogens is 4. The molecule has 7 nitrogen and oxygen atoms in total. The van der Waals surface area contributed by atoms with Gasteiger partial charge in [0.2, 0.25) is 0 Å². The van der Waals surface area contributed by atoms with Crippen molar-refractivity contribution in [3.63, 3.8) is 0 Å². The Hall–Kier alpha value is -3.18. The molecule has 0 unspecified atom stereocenters. The maximum atomic E-state index is 13.8. The quantitative estimate of drug-likeness (QED) is 0.422. The average Bonchev–Trinajstić information content (AvgIpc) is 3.25. The van der Waals surface area contributed by atoms with Crippen molar-refractivity contribution in [1.82, 2.24) is 19.6 Å². The molecular formula is C20H15ClF3N5O2S. The van der Waals surface area contributed by atoms with Crippen LogP contribution in [0.3, 0.4) is 0 Å². The van der Waals surface area contributed by atoms with Gasteiger partial charge in [0.05, 0.1) is 18.5 Å². The summed E-state index contributed by atoms with van der Waals surface area (Å²) in [5.41, 5.74) is -0.690. The third kappa shape index (κ3) is 4.00. The van der Waals surface area contributed by atoms with Crippen LogP contribution in [0, 0.1) is 13.8 Å². The molecule has 0 aliphatic heterocycles. The molecule has 3 heterocycles. The van der Waals surface area contributed by atoms with Crippen LogP contribution in [-0.2, 0) is 6.18 Å². The van der Waals surface area contributed by atoms with Crippen molar-refractivity contribution in [3.05, 3.63) is 57.3 Å². The number of nitrogens with zero attached hydrogens (tertiary/aromatic N) is 4. The van der Waals surface area contributed by atoms with Gasteiger partial charge >= 0.3 is 6.18 Å². The normalized spacial score (nSPS) is 11.7. The van der Waals surface area contributed by atoms with Gasteiger partial charge in [0.25, 0.3) is 5.91 Å². The summed E-state index contributed by atoms with van der Waals surface area (Å²) in [4.78, 5) is 22.0. The van der Waals surface area contributed by atoms with E-state index in [1.807, 2.05) is 6.92 Å². The average molecular weight is 482 g/mol. The summed E-state index contributed by atoms with van der Waals surface area (Å²) < 4.78 is 47.2. The van der Waals surface area contributed by atoms with Crippen LogP contribution in [-0.4, -0.2) is 32.6 Å². The highest BCUT2D eigenvalue weighted by atomic mass is 35.5. The number of rotatable bonds is 4. The molecule has 0 aliphatic carbocycles. The maximum Gasteiger partial charge on any atom is 0.433 e. The Labute approximate surface area is 188 Å². The van der Waals surface area contributed by atoms with Crippen molar-refractivity contribution < 1.29 is 22.7 Å². The Morgan fingerprint density at radius 2 is 1.97 bits per heavy atom. The highest BCUT2D eigenvalue weighted by Gasteiger charge is 2.37. The molecule has 12 heteroatoms. The molecular weight excluding hydrogens is 467 g/mol. The lowest BCUT2D eigenvalue weighted by atomic mass is 10.1. The van der Waals surface area contributed by atoms with E-state index in [9.17, 15) is 18.0 Å². The van der Waals surface area contributed by atoms with E-state index < -0.39 is 23.5 Å². The summed E-state index contributed by atoms with van der Waals surface area (Å²) in [5, 5.41) is 6.33. The molecule has 3 aromatic heterocycles. The van der Waals surface area contributed by atoms with Crippen LogP contribution in [0.5, 0.6) is 5.75 Å². The molecule has 4 rings (SSSR count). The number of amides is 1. The van der Waals surface area contributed by atoms with E-state index >= 15 is 0 Å². The van der Waals surface area contributed by atoms with Gasteiger partial charge in [-0.25, -0.2) is 14.5 Å². The number of hydrogen-bond acceptors (Lipinski definition) is 6. The monoisotopic (exact) mass is 481 g/mol. The van der Waals surface area contributed by atoms with Gasteiger partial charge in [-0.1, -0.05) is 23.7 Å². The van der Waals surface area contributed by atoms with Gasteiger partial charge in [0.1, 0.15) is 10.8 Å². The Morgan fingerprint density at radius 1 is 1.22 bits per heavy atom. The van der Waals surface area contributed by atoms with E-state index in [1.54, 1.807) is 31.2 Å². The molecule has 0 spiro atoms. The van der Waals surface area contributed by atoms with E-state index in [1.165, 1.54) is 18.4 Å². The number of carbonyl (C=O) groups is 1. The molecule has 1 amide bonds. The van der Waals surface area contributed by atoms with Crippen LogP contribution in [0.1, 0.15) is 26.8 Å². The third-order valence-corrected chi connectivity index (χ3v) is 5.99. The second kappa shape index (κ2) is 8.06. The molecule has 1 N–H and O–H groups in total. The Kier molecular flexibility index (Phi) is 5.55. The molecule has 0 radical (unpaired) electrons. The smallest absolute Gasteiger partial charge is 0.433 e. The van der Waals surface area contributed by atoms with Crippen molar-refractivity contribution in [2.24, 2.45) is 0 Å². The summed E-state index contributed by atoms with van der Waals surface area (Å²) in [6.45, 7) is 3.61. The fraction of sp³-hybridized carbons (Fsp3) is 0.200. The molecule has 0 fully saturated rings. The standard InChI is InChI=1S/C20H15ClF3N5O2S/c1-9-10(2)32-19(25-9)27-18(30)16-15(21)17-26-13(11-5-4-6-12(7-11)31-3)8-14(20(22,23)24)29(17)28-16/h4-8H,1-3H3,(H,25,27,30). The SMILES string of the molecule is COc1cccc(-c2cc(C(F)(F)F)n3nc(C(=O)Nc4nc(C)c(C)s4)c(Cl)c3n2)c1. The fourth-order valence-corrected chi connectivity index (χ4v) is 4.01. The fourth-order valence-electron chi connectivity index (χ4n) is 2.95. The van der Waals surface area contributed by atoms with E-state index in [0.717, 1.165) is 16.6 Å². The topological polar surface area (TPSA) is 81.4 Å². The number of nitrogens with one attached hydrogen (secondary N) is 1. The van der Waals surface area contributed by atoms with E-state index in [4.69, 9.17) is 16.3 Å². The van der Waals surface area contributed by atoms with Gasteiger partial charge in [0.15, 0.2) is 22.2 Å². The number of methoxy groups -OCH3 is 1. The van der Waals surface area contributed by atoms with Crippen molar-refractivity contribution in [1.29, 1.82) is 0 Å². The molecule has 0 atom stereocenters. The van der Waals surface area contributed by atoms with Crippen LogP contribution in [0.4, 0.5) is 18.3 Å². The number of anilines is 1. The zero-order valence-electron chi connectivity index (χ0n) is 16.9. The summed E-state index contributed by atoms with van der Waals surface area (Å²) in [5.74, 6) is -0.336. The number of alkyl halides is 3. The number of halogens is 4. The molecule has 0 saturated carbocycles. The van der Waals surface area contributed by atoms with Gasteiger partial charge in [-0.3, -0.25) is 10.1 Å². The van der Waals surface area contributed by atoms with E-state index in [0.29, 0.717) is 21.0 Å². The minimum absolute atomic E-state index is 0.00339. The minimum Gasteiger partial charge on any atom is -0.497 e. The maximum absolute atomic E-state index is 13.8. The van der Waals surface area contributed by atoms with Crippen molar-refractivity contribution in [2.45, 2.75) is 20.0 Å².